The number of fused-ring (bicyclic) bond motifs is 1. The Balaban J connectivity index is 1.90. The Morgan fingerprint density at radius 1 is 1.12 bits per heavy atom. The van der Waals surface area contributed by atoms with Gasteiger partial charge in [-0.1, -0.05) is 18.2 Å². The SMILES string of the molecule is COc1nc2cc(-c3cn[nH]c3)ccn2c1C(NC(=O)c1ccccc1)(OC)C(F)(F)F. The number of carbonyl (C=O) groups excluding carboxylic acids is 1. The van der Waals surface area contributed by atoms with Gasteiger partial charge in [-0.2, -0.15) is 23.3 Å². The molecule has 0 saturated heterocycles. The number of nitrogens with zero attached hydrogens (tertiary/aromatic N) is 3. The monoisotopic (exact) mass is 445 g/mol. The highest BCUT2D eigenvalue weighted by Gasteiger charge is 2.62. The number of alkyl halides is 3. The van der Waals surface area contributed by atoms with Crippen LogP contribution in [-0.4, -0.2) is 45.9 Å². The van der Waals surface area contributed by atoms with E-state index in [-0.39, 0.29) is 17.1 Å². The van der Waals surface area contributed by atoms with E-state index < -0.39 is 23.5 Å². The molecular weight excluding hydrogens is 427 g/mol. The lowest BCUT2D eigenvalue weighted by Crippen LogP contribution is -2.58. The molecule has 4 aromatic rings. The van der Waals surface area contributed by atoms with Crippen molar-refractivity contribution in [3.8, 4) is 17.0 Å². The summed E-state index contributed by atoms with van der Waals surface area (Å²) in [6.45, 7) is 0. The van der Waals surface area contributed by atoms with E-state index in [1.165, 1.54) is 29.8 Å². The average molecular weight is 445 g/mol. The number of methoxy groups -OCH3 is 2. The molecule has 3 aromatic heterocycles. The van der Waals surface area contributed by atoms with E-state index in [1.54, 1.807) is 42.7 Å². The number of aromatic nitrogens is 4. The lowest BCUT2D eigenvalue weighted by molar-refractivity contribution is -0.287. The van der Waals surface area contributed by atoms with E-state index in [0.29, 0.717) is 5.56 Å². The molecule has 4 rings (SSSR count). The molecule has 0 bridgehead atoms. The van der Waals surface area contributed by atoms with Gasteiger partial charge in [0.1, 0.15) is 11.3 Å². The summed E-state index contributed by atoms with van der Waals surface area (Å²) in [5.41, 5.74) is -2.16. The number of carbonyl (C=O) groups is 1. The molecule has 1 amide bonds. The first-order valence-electron chi connectivity index (χ1n) is 9.36. The van der Waals surface area contributed by atoms with Crippen LogP contribution in [0, 0.1) is 0 Å². The molecule has 2 N–H and O–H groups in total. The summed E-state index contributed by atoms with van der Waals surface area (Å²) in [4.78, 5) is 16.9. The number of H-pyrrole nitrogens is 1. The van der Waals surface area contributed by atoms with Gasteiger partial charge in [-0.3, -0.25) is 14.3 Å². The van der Waals surface area contributed by atoms with E-state index in [0.717, 1.165) is 12.7 Å². The van der Waals surface area contributed by atoms with Crippen LogP contribution < -0.4 is 10.1 Å². The Bertz CT molecular complexity index is 1240. The number of hydrogen-bond donors (Lipinski definition) is 2. The van der Waals surface area contributed by atoms with E-state index in [9.17, 15) is 18.0 Å². The summed E-state index contributed by atoms with van der Waals surface area (Å²) >= 11 is 0. The van der Waals surface area contributed by atoms with E-state index >= 15 is 0 Å². The van der Waals surface area contributed by atoms with Crippen LogP contribution >= 0.6 is 0 Å². The average Bonchev–Trinajstić information content (AvgIpc) is 3.44. The maximum Gasteiger partial charge on any atom is 0.443 e. The quantitative estimate of drug-likeness (QED) is 0.443. The fraction of sp³-hybridized carbons (Fsp3) is 0.190. The summed E-state index contributed by atoms with van der Waals surface area (Å²) in [6, 6.07) is 10.7. The van der Waals surface area contributed by atoms with Crippen LogP contribution in [0.25, 0.3) is 16.8 Å². The first kappa shape index (κ1) is 21.4. The van der Waals surface area contributed by atoms with Gasteiger partial charge in [-0.15, -0.1) is 0 Å². The van der Waals surface area contributed by atoms with Gasteiger partial charge in [0.05, 0.1) is 13.3 Å². The molecule has 1 aromatic carbocycles. The fourth-order valence-electron chi connectivity index (χ4n) is 3.42. The first-order valence-corrected chi connectivity index (χ1v) is 9.36. The van der Waals surface area contributed by atoms with Crippen molar-refractivity contribution >= 4 is 11.6 Å². The number of rotatable bonds is 6. The summed E-state index contributed by atoms with van der Waals surface area (Å²) in [6.07, 6.45) is -0.445. The topological polar surface area (TPSA) is 93.5 Å². The Kier molecular flexibility index (Phi) is 5.35. The van der Waals surface area contributed by atoms with Gasteiger partial charge < -0.3 is 14.8 Å². The van der Waals surface area contributed by atoms with Gasteiger partial charge in [0, 0.05) is 30.6 Å². The zero-order valence-corrected chi connectivity index (χ0v) is 17.0. The summed E-state index contributed by atoms with van der Waals surface area (Å²) in [5, 5.41) is 8.55. The minimum absolute atomic E-state index is 0.0354. The lowest BCUT2D eigenvalue weighted by atomic mass is 10.1. The van der Waals surface area contributed by atoms with Crippen molar-refractivity contribution in [2.75, 3.05) is 14.2 Å². The molecule has 0 aliphatic carbocycles. The summed E-state index contributed by atoms with van der Waals surface area (Å²) in [7, 11) is 2.05. The molecule has 166 valence electrons. The van der Waals surface area contributed by atoms with Crippen molar-refractivity contribution in [2.45, 2.75) is 11.9 Å². The standard InChI is InChI=1S/C21H18F3N5O3/c1-31-19-17(29-9-8-14(10-16(29)27-19)15-11-25-26-12-15)20(32-2,21(22,23)24)28-18(30)13-6-4-3-5-7-13/h3-12H,1-2H3,(H,25,26)(H,28,30). The normalized spacial score (nSPS) is 13.7. The first-order chi connectivity index (χ1) is 15.3. The van der Waals surface area contributed by atoms with E-state index in [1.807, 2.05) is 5.32 Å². The molecule has 0 aliphatic heterocycles. The number of nitrogens with one attached hydrogen (secondary N) is 2. The van der Waals surface area contributed by atoms with Gasteiger partial charge in [-0.25, -0.2) is 0 Å². The Morgan fingerprint density at radius 3 is 2.47 bits per heavy atom. The van der Waals surface area contributed by atoms with Crippen molar-refractivity contribution in [1.82, 2.24) is 24.9 Å². The molecule has 8 nitrogen and oxygen atoms in total. The van der Waals surface area contributed by atoms with Gasteiger partial charge in [0.2, 0.25) is 5.88 Å². The predicted molar refractivity (Wildman–Crippen MR) is 108 cm³/mol. The van der Waals surface area contributed by atoms with Crippen molar-refractivity contribution in [1.29, 1.82) is 0 Å². The smallest absolute Gasteiger partial charge is 0.443 e. The van der Waals surface area contributed by atoms with Crippen LogP contribution in [0.1, 0.15) is 16.1 Å². The van der Waals surface area contributed by atoms with Crippen molar-refractivity contribution in [2.24, 2.45) is 0 Å². The molecule has 0 fully saturated rings. The molecule has 1 atom stereocenters. The van der Waals surface area contributed by atoms with Gasteiger partial charge >= 0.3 is 6.18 Å². The van der Waals surface area contributed by atoms with Crippen molar-refractivity contribution < 1.29 is 27.4 Å². The Labute approximate surface area is 180 Å². The minimum atomic E-state index is -5.06. The largest absolute Gasteiger partial charge is 0.480 e. The van der Waals surface area contributed by atoms with Crippen LogP contribution in [0.5, 0.6) is 5.88 Å². The number of ether oxygens (including phenoxy) is 2. The number of hydrogen-bond acceptors (Lipinski definition) is 5. The van der Waals surface area contributed by atoms with Crippen LogP contribution in [-0.2, 0) is 10.5 Å². The second-order valence-corrected chi connectivity index (χ2v) is 6.80. The van der Waals surface area contributed by atoms with E-state index in [2.05, 4.69) is 15.2 Å². The molecule has 0 radical (unpaired) electrons. The third-order valence-electron chi connectivity index (χ3n) is 4.98. The van der Waals surface area contributed by atoms with Crippen LogP contribution in [0.2, 0.25) is 0 Å². The molecule has 0 spiro atoms. The fourth-order valence-corrected chi connectivity index (χ4v) is 3.42. The van der Waals surface area contributed by atoms with Crippen LogP contribution in [0.3, 0.4) is 0 Å². The van der Waals surface area contributed by atoms with Gasteiger partial charge in [-0.05, 0) is 29.8 Å². The number of pyridine rings is 1. The van der Waals surface area contributed by atoms with Crippen LogP contribution in [0.15, 0.2) is 61.1 Å². The predicted octanol–water partition coefficient (Wildman–Crippen LogP) is 3.52. The number of halogens is 3. The molecule has 11 heteroatoms. The highest BCUT2D eigenvalue weighted by Crippen LogP contribution is 2.44. The lowest BCUT2D eigenvalue weighted by Gasteiger charge is -2.34. The van der Waals surface area contributed by atoms with Crippen molar-refractivity contribution in [3.05, 3.63) is 72.3 Å². The number of benzene rings is 1. The molecule has 1 unspecified atom stereocenters. The number of amides is 1. The second kappa shape index (κ2) is 8.00. The molecule has 32 heavy (non-hydrogen) atoms. The summed E-state index contributed by atoms with van der Waals surface area (Å²) in [5.74, 6) is -1.32. The zero-order valence-electron chi connectivity index (χ0n) is 17.0. The zero-order chi connectivity index (χ0) is 22.9. The van der Waals surface area contributed by atoms with E-state index in [4.69, 9.17) is 9.47 Å². The Morgan fingerprint density at radius 2 is 1.88 bits per heavy atom. The second-order valence-electron chi connectivity index (χ2n) is 6.80. The summed E-state index contributed by atoms with van der Waals surface area (Å²) < 4.78 is 54.9. The van der Waals surface area contributed by atoms with Gasteiger partial charge in [0.25, 0.3) is 11.6 Å². The van der Waals surface area contributed by atoms with Gasteiger partial charge in [0.15, 0.2) is 0 Å². The molecular formula is C21H18F3N5O3. The maximum atomic E-state index is 14.5. The molecule has 0 aliphatic rings. The number of aromatic amines is 1. The highest BCUT2D eigenvalue weighted by atomic mass is 19.4. The highest BCUT2D eigenvalue weighted by molar-refractivity contribution is 5.94. The number of imidazole rings is 1. The van der Waals surface area contributed by atoms with Crippen molar-refractivity contribution in [3.63, 3.8) is 0 Å². The third kappa shape index (κ3) is 3.46. The molecule has 0 saturated carbocycles. The minimum Gasteiger partial charge on any atom is -0.480 e. The van der Waals surface area contributed by atoms with Crippen LogP contribution in [0.4, 0.5) is 13.2 Å². The third-order valence-corrected chi connectivity index (χ3v) is 4.98. The maximum absolute atomic E-state index is 14.5. The Hall–Kier alpha value is -3.86. The molecule has 3 heterocycles.